The van der Waals surface area contributed by atoms with Crippen LogP contribution in [0.15, 0.2) is 122 Å². The van der Waals surface area contributed by atoms with Crippen LogP contribution in [0.3, 0.4) is 0 Å². The van der Waals surface area contributed by atoms with Crippen LogP contribution in [0.1, 0.15) is 43.0 Å². The van der Waals surface area contributed by atoms with Gasteiger partial charge in [-0.15, -0.1) is 0 Å². The summed E-state index contributed by atoms with van der Waals surface area (Å²) < 4.78 is 38.9. The molecule has 0 fully saturated rings. The molecule has 1 aromatic heterocycles. The van der Waals surface area contributed by atoms with Crippen molar-refractivity contribution in [1.82, 2.24) is 14.8 Å². The number of pyridine rings is 1. The van der Waals surface area contributed by atoms with Crippen molar-refractivity contribution in [1.29, 1.82) is 0 Å². The lowest BCUT2D eigenvalue weighted by molar-refractivity contribution is -0.137. The molecule has 0 aliphatic carbocycles. The number of fused-ring (bicyclic) bond motifs is 1. The van der Waals surface area contributed by atoms with Gasteiger partial charge in [0.05, 0.1) is 23.2 Å². The van der Waals surface area contributed by atoms with Crippen LogP contribution < -0.4 is 5.32 Å². The van der Waals surface area contributed by atoms with E-state index in [4.69, 9.17) is 0 Å². The van der Waals surface area contributed by atoms with Gasteiger partial charge in [-0.1, -0.05) is 66.7 Å². The topological polar surface area (TPSA) is 82.6 Å². The highest BCUT2D eigenvalue weighted by molar-refractivity contribution is 6.21. The summed E-state index contributed by atoms with van der Waals surface area (Å²) in [5, 5.41) is 2.69. The minimum absolute atomic E-state index is 0.173. The number of imide groups is 1. The Morgan fingerprint density at radius 3 is 1.80 bits per heavy atom. The van der Waals surface area contributed by atoms with Gasteiger partial charge < -0.3 is 10.2 Å². The number of carbonyl (C=O) groups excluding carboxylic acids is 3. The highest BCUT2D eigenvalue weighted by Crippen LogP contribution is 2.30. The first-order valence-electron chi connectivity index (χ1n) is 14.4. The Labute approximate surface area is 262 Å². The minimum atomic E-state index is -4.47. The highest BCUT2D eigenvalue weighted by Gasteiger charge is 2.35. The first-order chi connectivity index (χ1) is 22.2. The fraction of sp³-hybridized carbons (Fsp3) is 0.111. The Morgan fingerprint density at radius 2 is 1.26 bits per heavy atom. The van der Waals surface area contributed by atoms with E-state index in [9.17, 15) is 27.6 Å². The number of hydrogen-bond donors (Lipinski definition) is 1. The molecule has 4 aromatic carbocycles. The number of anilines is 1. The van der Waals surface area contributed by atoms with Crippen LogP contribution >= 0.6 is 0 Å². The number of halogens is 3. The molecule has 4 amide bonds. The second-order valence-electron chi connectivity index (χ2n) is 10.9. The van der Waals surface area contributed by atoms with Crippen LogP contribution in [-0.2, 0) is 25.8 Å². The number of alkyl halides is 3. The predicted molar refractivity (Wildman–Crippen MR) is 166 cm³/mol. The zero-order valence-corrected chi connectivity index (χ0v) is 24.4. The summed E-state index contributed by atoms with van der Waals surface area (Å²) in [6.45, 7) is 0.643. The van der Waals surface area contributed by atoms with Gasteiger partial charge in [-0.05, 0) is 70.3 Å². The number of urea groups is 1. The van der Waals surface area contributed by atoms with Crippen LogP contribution in [0.25, 0.3) is 11.1 Å². The molecule has 6 rings (SSSR count). The number of carbonyl (C=O) groups is 3. The third kappa shape index (κ3) is 6.66. The van der Waals surface area contributed by atoms with Crippen molar-refractivity contribution in [2.75, 3.05) is 5.32 Å². The van der Waals surface area contributed by atoms with Crippen LogP contribution in [0.2, 0.25) is 0 Å². The molecule has 0 atom stereocenters. The Morgan fingerprint density at radius 1 is 0.696 bits per heavy atom. The molecule has 0 saturated heterocycles. The van der Waals surface area contributed by atoms with Gasteiger partial charge in [0, 0.05) is 31.2 Å². The molecule has 0 unspecified atom stereocenters. The molecule has 1 aliphatic heterocycles. The third-order valence-electron chi connectivity index (χ3n) is 7.68. The van der Waals surface area contributed by atoms with Crippen LogP contribution in [0, 0.1) is 0 Å². The Balaban J connectivity index is 1.13. The van der Waals surface area contributed by atoms with Crippen LogP contribution in [0.5, 0.6) is 0 Å². The molecular weight excluding hydrogens is 593 g/mol. The van der Waals surface area contributed by atoms with E-state index in [-0.39, 0.29) is 37.1 Å². The van der Waals surface area contributed by atoms with Gasteiger partial charge in [-0.2, -0.15) is 13.2 Å². The lowest BCUT2D eigenvalue weighted by atomic mass is 10.0. The number of hydrogen-bond acceptors (Lipinski definition) is 4. The van der Waals surface area contributed by atoms with E-state index < -0.39 is 17.8 Å². The smallest absolute Gasteiger partial charge is 0.316 e. The average molecular weight is 621 g/mol. The SMILES string of the molecule is O=C(Nc1ccc(C(F)(F)F)cc1)N(Cc1ccc(-c2ccc(CN3C(=O)c4ccccc4C3=O)cc2)cc1)Cc1cccnc1. The van der Waals surface area contributed by atoms with E-state index in [2.05, 4.69) is 10.3 Å². The lowest BCUT2D eigenvalue weighted by Gasteiger charge is -2.23. The second kappa shape index (κ2) is 12.7. The van der Waals surface area contributed by atoms with Gasteiger partial charge in [0.1, 0.15) is 0 Å². The molecule has 0 radical (unpaired) electrons. The van der Waals surface area contributed by atoms with E-state index in [1.54, 1.807) is 47.6 Å². The maximum atomic E-state index is 13.3. The van der Waals surface area contributed by atoms with Crippen molar-refractivity contribution in [3.05, 3.63) is 155 Å². The number of rotatable bonds is 8. The van der Waals surface area contributed by atoms with Crippen molar-refractivity contribution in [2.45, 2.75) is 25.8 Å². The summed E-state index contributed by atoms with van der Waals surface area (Å²) in [7, 11) is 0. The molecule has 46 heavy (non-hydrogen) atoms. The van der Waals surface area contributed by atoms with Gasteiger partial charge in [0.15, 0.2) is 0 Å². The normalized spacial score (nSPS) is 12.6. The summed E-state index contributed by atoms with van der Waals surface area (Å²) >= 11 is 0. The van der Waals surface area contributed by atoms with Crippen LogP contribution in [0.4, 0.5) is 23.7 Å². The van der Waals surface area contributed by atoms with Gasteiger partial charge >= 0.3 is 12.2 Å². The van der Waals surface area contributed by atoms with Gasteiger partial charge in [0.25, 0.3) is 11.8 Å². The van der Waals surface area contributed by atoms with E-state index in [1.807, 2.05) is 54.6 Å². The quantitative estimate of drug-likeness (QED) is 0.180. The number of aromatic nitrogens is 1. The third-order valence-corrected chi connectivity index (χ3v) is 7.68. The van der Waals surface area contributed by atoms with Crippen molar-refractivity contribution in [2.24, 2.45) is 0 Å². The first-order valence-corrected chi connectivity index (χ1v) is 14.4. The van der Waals surface area contributed by atoms with E-state index in [0.717, 1.165) is 39.9 Å². The Kier molecular flexibility index (Phi) is 8.35. The molecule has 1 aliphatic rings. The first kappa shape index (κ1) is 30.3. The standard InChI is InChI=1S/C36H27F3N4O3/c37-36(38,39)29-15-17-30(18-16-29)41-35(46)42(22-26-4-3-19-40-20-26)21-24-7-11-27(12-8-24)28-13-9-25(10-14-28)23-43-33(44)31-5-1-2-6-32(31)34(43)45/h1-20H,21-23H2,(H,41,46). The zero-order valence-electron chi connectivity index (χ0n) is 24.4. The summed E-state index contributed by atoms with van der Waals surface area (Å²) in [5.41, 5.74) is 4.61. The monoisotopic (exact) mass is 620 g/mol. The molecule has 230 valence electrons. The van der Waals surface area contributed by atoms with E-state index in [1.165, 1.54) is 17.0 Å². The number of amides is 4. The summed E-state index contributed by atoms with van der Waals surface area (Å²) in [6.07, 6.45) is -1.18. The molecule has 10 heteroatoms. The number of nitrogens with one attached hydrogen (secondary N) is 1. The molecule has 7 nitrogen and oxygen atoms in total. The van der Waals surface area contributed by atoms with Crippen molar-refractivity contribution >= 4 is 23.5 Å². The predicted octanol–water partition coefficient (Wildman–Crippen LogP) is 7.80. The molecule has 0 spiro atoms. The molecule has 5 aromatic rings. The number of nitrogens with zero attached hydrogens (tertiary/aromatic N) is 3. The number of benzene rings is 4. The molecular formula is C36H27F3N4O3. The zero-order chi connectivity index (χ0) is 32.3. The maximum Gasteiger partial charge on any atom is 0.416 e. The van der Waals surface area contributed by atoms with Gasteiger partial charge in [0.2, 0.25) is 0 Å². The van der Waals surface area contributed by atoms with Crippen molar-refractivity contribution in [3.8, 4) is 11.1 Å². The molecule has 2 heterocycles. The van der Waals surface area contributed by atoms with Crippen molar-refractivity contribution in [3.63, 3.8) is 0 Å². The molecule has 0 bridgehead atoms. The second-order valence-corrected chi connectivity index (χ2v) is 10.9. The summed E-state index contributed by atoms with van der Waals surface area (Å²) in [5.74, 6) is -0.600. The lowest BCUT2D eigenvalue weighted by Crippen LogP contribution is -2.34. The average Bonchev–Trinajstić information content (AvgIpc) is 3.30. The molecule has 0 saturated carbocycles. The molecule has 1 N–H and O–H groups in total. The van der Waals surface area contributed by atoms with Crippen LogP contribution in [-0.4, -0.2) is 32.6 Å². The Hall–Kier alpha value is -5.77. The van der Waals surface area contributed by atoms with E-state index >= 15 is 0 Å². The highest BCUT2D eigenvalue weighted by atomic mass is 19.4. The summed E-state index contributed by atoms with van der Waals surface area (Å²) in [6, 6.07) is 29.5. The van der Waals surface area contributed by atoms with Gasteiger partial charge in [-0.25, -0.2) is 4.79 Å². The van der Waals surface area contributed by atoms with Crippen molar-refractivity contribution < 1.29 is 27.6 Å². The maximum absolute atomic E-state index is 13.3. The Bertz CT molecular complexity index is 1840. The minimum Gasteiger partial charge on any atom is -0.316 e. The fourth-order valence-electron chi connectivity index (χ4n) is 5.25. The summed E-state index contributed by atoms with van der Waals surface area (Å²) in [4.78, 5) is 45.6. The van der Waals surface area contributed by atoms with E-state index in [0.29, 0.717) is 11.1 Å². The fourth-order valence-corrected chi connectivity index (χ4v) is 5.25. The largest absolute Gasteiger partial charge is 0.416 e. The van der Waals surface area contributed by atoms with Gasteiger partial charge in [-0.3, -0.25) is 19.5 Å².